The summed E-state index contributed by atoms with van der Waals surface area (Å²) in [4.78, 5) is 11.6. The fraction of sp³-hybridized carbons (Fsp3) is 0.500. The Labute approximate surface area is 113 Å². The SMILES string of the molecule is CCNC(=O)C(C)Oc1ccc2c(c1)OCC2NC. The molecule has 104 valence electrons. The van der Waals surface area contributed by atoms with Gasteiger partial charge in [-0.3, -0.25) is 4.79 Å². The van der Waals surface area contributed by atoms with Crippen molar-refractivity contribution in [2.75, 3.05) is 20.2 Å². The van der Waals surface area contributed by atoms with E-state index < -0.39 is 6.10 Å². The molecular formula is C14H20N2O3. The fourth-order valence-electron chi connectivity index (χ4n) is 2.08. The van der Waals surface area contributed by atoms with Crippen molar-refractivity contribution in [2.24, 2.45) is 0 Å². The van der Waals surface area contributed by atoms with Gasteiger partial charge in [0.05, 0.1) is 6.04 Å². The van der Waals surface area contributed by atoms with Gasteiger partial charge in [-0.2, -0.15) is 0 Å². The quantitative estimate of drug-likeness (QED) is 0.840. The van der Waals surface area contributed by atoms with Crippen LogP contribution in [0.15, 0.2) is 18.2 Å². The van der Waals surface area contributed by atoms with Gasteiger partial charge >= 0.3 is 0 Å². The smallest absolute Gasteiger partial charge is 0.260 e. The highest BCUT2D eigenvalue weighted by molar-refractivity contribution is 5.80. The normalized spacial score (nSPS) is 18.4. The molecular weight excluding hydrogens is 244 g/mol. The van der Waals surface area contributed by atoms with Crippen LogP contribution < -0.4 is 20.1 Å². The first-order chi connectivity index (χ1) is 9.15. The average Bonchev–Trinajstić information content (AvgIpc) is 2.81. The van der Waals surface area contributed by atoms with Crippen molar-refractivity contribution in [3.8, 4) is 11.5 Å². The van der Waals surface area contributed by atoms with E-state index in [0.717, 1.165) is 11.3 Å². The molecule has 1 aliphatic heterocycles. The molecule has 0 fully saturated rings. The first kappa shape index (κ1) is 13.7. The average molecular weight is 264 g/mol. The maximum Gasteiger partial charge on any atom is 0.260 e. The Morgan fingerprint density at radius 1 is 1.58 bits per heavy atom. The van der Waals surface area contributed by atoms with Crippen LogP contribution in [-0.2, 0) is 4.79 Å². The second-order valence-electron chi connectivity index (χ2n) is 4.51. The standard InChI is InChI=1S/C14H20N2O3/c1-4-16-14(17)9(2)19-10-5-6-11-12(15-3)8-18-13(11)7-10/h5-7,9,12,15H,4,8H2,1-3H3,(H,16,17). The van der Waals surface area contributed by atoms with E-state index in [2.05, 4.69) is 10.6 Å². The fourth-order valence-corrected chi connectivity index (χ4v) is 2.08. The van der Waals surface area contributed by atoms with Gasteiger partial charge in [0.1, 0.15) is 18.1 Å². The third kappa shape index (κ3) is 2.98. The number of rotatable bonds is 5. The number of hydrogen-bond donors (Lipinski definition) is 2. The minimum absolute atomic E-state index is 0.114. The van der Waals surface area contributed by atoms with Crippen LogP contribution in [0.5, 0.6) is 11.5 Å². The molecule has 0 saturated heterocycles. The predicted octanol–water partition coefficient (Wildman–Crippen LogP) is 1.24. The molecule has 0 radical (unpaired) electrons. The number of carbonyl (C=O) groups excluding carboxylic acids is 1. The van der Waals surface area contributed by atoms with E-state index in [9.17, 15) is 4.79 Å². The van der Waals surface area contributed by atoms with Crippen LogP contribution in [0.2, 0.25) is 0 Å². The molecule has 2 N–H and O–H groups in total. The van der Waals surface area contributed by atoms with Crippen molar-refractivity contribution in [2.45, 2.75) is 26.0 Å². The molecule has 5 heteroatoms. The van der Waals surface area contributed by atoms with Crippen molar-refractivity contribution in [1.29, 1.82) is 0 Å². The van der Waals surface area contributed by atoms with Crippen LogP contribution in [-0.4, -0.2) is 32.2 Å². The molecule has 1 aliphatic rings. The van der Waals surface area contributed by atoms with Crippen LogP contribution in [0.4, 0.5) is 0 Å². The summed E-state index contributed by atoms with van der Waals surface area (Å²) < 4.78 is 11.2. The molecule has 2 rings (SSSR count). The third-order valence-corrected chi connectivity index (χ3v) is 3.15. The largest absolute Gasteiger partial charge is 0.491 e. The molecule has 0 spiro atoms. The van der Waals surface area contributed by atoms with E-state index in [1.807, 2.05) is 32.2 Å². The van der Waals surface area contributed by atoms with Crippen LogP contribution >= 0.6 is 0 Å². The Morgan fingerprint density at radius 2 is 2.37 bits per heavy atom. The maximum atomic E-state index is 11.6. The van der Waals surface area contributed by atoms with Crippen LogP contribution in [0, 0.1) is 0 Å². The topological polar surface area (TPSA) is 59.6 Å². The van der Waals surface area contributed by atoms with Crippen molar-refractivity contribution in [3.63, 3.8) is 0 Å². The number of ether oxygens (including phenoxy) is 2. The van der Waals surface area contributed by atoms with Gasteiger partial charge in [-0.1, -0.05) is 0 Å². The summed E-state index contributed by atoms with van der Waals surface area (Å²) in [6.45, 7) is 4.84. The lowest BCUT2D eigenvalue weighted by atomic mass is 10.1. The zero-order chi connectivity index (χ0) is 13.8. The third-order valence-electron chi connectivity index (χ3n) is 3.15. The highest BCUT2D eigenvalue weighted by Crippen LogP contribution is 2.35. The van der Waals surface area contributed by atoms with Gasteiger partial charge in [0, 0.05) is 18.2 Å². The van der Waals surface area contributed by atoms with Crippen LogP contribution in [0.3, 0.4) is 0 Å². The number of hydrogen-bond acceptors (Lipinski definition) is 4. The lowest BCUT2D eigenvalue weighted by molar-refractivity contribution is -0.127. The van der Waals surface area contributed by atoms with Gasteiger partial charge in [-0.05, 0) is 33.0 Å². The van der Waals surface area contributed by atoms with E-state index in [1.165, 1.54) is 0 Å². The van der Waals surface area contributed by atoms with Crippen molar-refractivity contribution >= 4 is 5.91 Å². The Morgan fingerprint density at radius 3 is 3.05 bits per heavy atom. The molecule has 5 nitrogen and oxygen atoms in total. The molecule has 0 bridgehead atoms. The van der Waals surface area contributed by atoms with Gasteiger partial charge in [0.2, 0.25) is 0 Å². The van der Waals surface area contributed by atoms with Crippen LogP contribution in [0.25, 0.3) is 0 Å². The summed E-state index contributed by atoms with van der Waals surface area (Å²) in [6.07, 6.45) is -0.514. The highest BCUT2D eigenvalue weighted by Gasteiger charge is 2.23. The molecule has 1 aromatic rings. The summed E-state index contributed by atoms with van der Waals surface area (Å²) >= 11 is 0. The number of nitrogens with one attached hydrogen (secondary N) is 2. The Kier molecular flexibility index (Phi) is 4.27. The van der Waals surface area contributed by atoms with E-state index in [4.69, 9.17) is 9.47 Å². The zero-order valence-electron chi connectivity index (χ0n) is 11.5. The molecule has 1 heterocycles. The highest BCUT2D eigenvalue weighted by atomic mass is 16.5. The lowest BCUT2D eigenvalue weighted by Gasteiger charge is -2.14. The maximum absolute atomic E-state index is 11.6. The second kappa shape index (κ2) is 5.93. The number of likely N-dealkylation sites (N-methyl/N-ethyl adjacent to an activating group) is 2. The van der Waals surface area contributed by atoms with Crippen molar-refractivity contribution < 1.29 is 14.3 Å². The Balaban J connectivity index is 2.05. The van der Waals surface area contributed by atoms with E-state index >= 15 is 0 Å². The molecule has 1 amide bonds. The van der Waals surface area contributed by atoms with Crippen molar-refractivity contribution in [3.05, 3.63) is 23.8 Å². The molecule has 1 aromatic carbocycles. The van der Waals surface area contributed by atoms with Gasteiger partial charge in [-0.15, -0.1) is 0 Å². The minimum Gasteiger partial charge on any atom is -0.491 e. The molecule has 2 atom stereocenters. The van der Waals surface area contributed by atoms with Crippen LogP contribution in [0.1, 0.15) is 25.5 Å². The van der Waals surface area contributed by atoms with E-state index in [1.54, 1.807) is 6.92 Å². The van der Waals surface area contributed by atoms with Gasteiger partial charge in [-0.25, -0.2) is 0 Å². The zero-order valence-corrected chi connectivity index (χ0v) is 11.5. The molecule has 0 saturated carbocycles. The summed E-state index contributed by atoms with van der Waals surface area (Å²) in [5, 5.41) is 5.91. The van der Waals surface area contributed by atoms with Gasteiger partial charge in [0.25, 0.3) is 5.91 Å². The Bertz CT molecular complexity index is 462. The second-order valence-corrected chi connectivity index (χ2v) is 4.51. The lowest BCUT2D eigenvalue weighted by Crippen LogP contribution is -2.36. The van der Waals surface area contributed by atoms with E-state index in [0.29, 0.717) is 18.9 Å². The van der Waals surface area contributed by atoms with Crippen molar-refractivity contribution in [1.82, 2.24) is 10.6 Å². The van der Waals surface area contributed by atoms with Gasteiger partial charge in [0.15, 0.2) is 6.10 Å². The molecule has 0 aromatic heterocycles. The number of carbonyl (C=O) groups is 1. The number of benzene rings is 1. The Hall–Kier alpha value is -1.75. The van der Waals surface area contributed by atoms with E-state index in [-0.39, 0.29) is 11.9 Å². The summed E-state index contributed by atoms with van der Waals surface area (Å²) in [7, 11) is 1.91. The predicted molar refractivity (Wildman–Crippen MR) is 72.5 cm³/mol. The summed E-state index contributed by atoms with van der Waals surface area (Å²) in [5.41, 5.74) is 1.13. The minimum atomic E-state index is -0.514. The molecule has 19 heavy (non-hydrogen) atoms. The first-order valence-electron chi connectivity index (χ1n) is 6.54. The summed E-state index contributed by atoms with van der Waals surface area (Å²) in [6, 6.07) is 5.91. The monoisotopic (exact) mass is 264 g/mol. The number of amides is 1. The molecule has 2 unspecified atom stereocenters. The summed E-state index contributed by atoms with van der Waals surface area (Å²) in [5.74, 6) is 1.35. The van der Waals surface area contributed by atoms with Gasteiger partial charge < -0.3 is 20.1 Å². The molecule has 0 aliphatic carbocycles. The first-order valence-corrected chi connectivity index (χ1v) is 6.54. The number of fused-ring (bicyclic) bond motifs is 1.